The molecule has 0 spiro atoms. The summed E-state index contributed by atoms with van der Waals surface area (Å²) in [6, 6.07) is 9.17. The largest absolute Gasteiger partial charge is 0.489 e. The van der Waals surface area contributed by atoms with Gasteiger partial charge in [-0.2, -0.15) is 17.0 Å². The summed E-state index contributed by atoms with van der Waals surface area (Å²) in [5.74, 6) is 2.80. The van der Waals surface area contributed by atoms with Crippen LogP contribution in [0.1, 0.15) is 5.56 Å². The van der Waals surface area contributed by atoms with Crippen LogP contribution in [0.2, 0.25) is 0 Å². The van der Waals surface area contributed by atoms with E-state index in [0.29, 0.717) is 17.9 Å². The summed E-state index contributed by atoms with van der Waals surface area (Å²) in [6.45, 7) is 2.91. The first-order valence-electron chi connectivity index (χ1n) is 6.39. The fourth-order valence-corrected chi connectivity index (χ4v) is 2.98. The van der Waals surface area contributed by atoms with Crippen LogP contribution in [-0.4, -0.2) is 53.9 Å². The molecule has 1 atom stereocenters. The maximum absolute atomic E-state index is 9.97. The van der Waals surface area contributed by atoms with E-state index in [2.05, 4.69) is 11.0 Å². The lowest BCUT2D eigenvalue weighted by Crippen LogP contribution is -2.40. The van der Waals surface area contributed by atoms with Crippen LogP contribution in [0, 0.1) is 11.3 Å². The molecule has 1 heterocycles. The van der Waals surface area contributed by atoms with Crippen LogP contribution in [0.15, 0.2) is 24.3 Å². The number of rotatable bonds is 5. The molecule has 1 aliphatic heterocycles. The Morgan fingerprint density at radius 1 is 1.37 bits per heavy atom. The summed E-state index contributed by atoms with van der Waals surface area (Å²) in [4.78, 5) is 2.25. The average molecular weight is 278 g/mol. The lowest BCUT2D eigenvalue weighted by molar-refractivity contribution is 0.0714. The third-order valence-corrected chi connectivity index (χ3v) is 3.95. The van der Waals surface area contributed by atoms with Crippen molar-refractivity contribution in [2.45, 2.75) is 6.10 Å². The Bertz CT molecular complexity index is 441. The van der Waals surface area contributed by atoms with E-state index in [1.807, 2.05) is 17.8 Å². The second kappa shape index (κ2) is 7.39. The minimum atomic E-state index is -0.519. The third-order valence-electron chi connectivity index (χ3n) is 3.01. The number of aliphatic hydroxyl groups excluding tert-OH is 1. The van der Waals surface area contributed by atoms with Gasteiger partial charge in [0.25, 0.3) is 0 Å². The van der Waals surface area contributed by atoms with Gasteiger partial charge in [0, 0.05) is 31.1 Å². The zero-order valence-electron chi connectivity index (χ0n) is 10.8. The minimum Gasteiger partial charge on any atom is -0.489 e. The molecule has 0 radical (unpaired) electrons. The van der Waals surface area contributed by atoms with E-state index in [4.69, 9.17) is 10.00 Å². The quantitative estimate of drug-likeness (QED) is 0.881. The Balaban J connectivity index is 1.79. The fourth-order valence-electron chi connectivity index (χ4n) is 2.01. The Morgan fingerprint density at radius 3 is 2.84 bits per heavy atom. The van der Waals surface area contributed by atoms with Crippen LogP contribution in [0.25, 0.3) is 0 Å². The van der Waals surface area contributed by atoms with Crippen LogP contribution >= 0.6 is 11.8 Å². The standard InChI is InChI=1S/C14H18N2O2S/c15-9-12-3-1-2-4-14(12)18-11-13(17)10-16-5-7-19-8-6-16/h1-4,13,17H,5-8,10-11H2. The van der Waals surface area contributed by atoms with E-state index in [-0.39, 0.29) is 6.61 Å². The zero-order valence-corrected chi connectivity index (χ0v) is 11.6. The van der Waals surface area contributed by atoms with E-state index in [9.17, 15) is 5.11 Å². The van der Waals surface area contributed by atoms with Crippen molar-refractivity contribution in [3.8, 4) is 11.8 Å². The number of ether oxygens (including phenoxy) is 1. The van der Waals surface area contributed by atoms with Gasteiger partial charge in [0.1, 0.15) is 24.5 Å². The van der Waals surface area contributed by atoms with Crippen LogP contribution in [-0.2, 0) is 0 Å². The molecule has 1 N–H and O–H groups in total. The lowest BCUT2D eigenvalue weighted by Gasteiger charge is -2.28. The van der Waals surface area contributed by atoms with Gasteiger partial charge in [-0.05, 0) is 12.1 Å². The molecule has 19 heavy (non-hydrogen) atoms. The van der Waals surface area contributed by atoms with Crippen molar-refractivity contribution in [3.63, 3.8) is 0 Å². The molecule has 0 amide bonds. The molecule has 0 saturated carbocycles. The monoisotopic (exact) mass is 278 g/mol. The molecule has 5 heteroatoms. The number of nitriles is 1. The number of thioether (sulfide) groups is 1. The Morgan fingerprint density at radius 2 is 2.11 bits per heavy atom. The summed E-state index contributed by atoms with van der Waals surface area (Å²) in [5, 5.41) is 18.9. The van der Waals surface area contributed by atoms with E-state index >= 15 is 0 Å². The maximum Gasteiger partial charge on any atom is 0.137 e. The molecule has 1 aliphatic rings. The highest BCUT2D eigenvalue weighted by Crippen LogP contribution is 2.17. The van der Waals surface area contributed by atoms with Gasteiger partial charge in [0.2, 0.25) is 0 Å². The van der Waals surface area contributed by atoms with Crippen LogP contribution in [0.4, 0.5) is 0 Å². The molecule has 1 aromatic rings. The molecule has 2 rings (SSSR count). The molecule has 1 saturated heterocycles. The van der Waals surface area contributed by atoms with Gasteiger partial charge in [0.15, 0.2) is 0 Å². The maximum atomic E-state index is 9.97. The molecule has 4 nitrogen and oxygen atoms in total. The molecule has 1 aromatic carbocycles. The van der Waals surface area contributed by atoms with Gasteiger partial charge in [-0.3, -0.25) is 4.90 Å². The van der Waals surface area contributed by atoms with Gasteiger partial charge in [-0.25, -0.2) is 0 Å². The van der Waals surface area contributed by atoms with Crippen LogP contribution in [0.3, 0.4) is 0 Å². The number of hydrogen-bond donors (Lipinski definition) is 1. The summed E-state index contributed by atoms with van der Waals surface area (Å²) >= 11 is 1.95. The molecule has 0 aromatic heterocycles. The number of aliphatic hydroxyl groups is 1. The smallest absolute Gasteiger partial charge is 0.137 e. The molecule has 102 valence electrons. The average Bonchev–Trinajstić information content (AvgIpc) is 2.46. The highest BCUT2D eigenvalue weighted by molar-refractivity contribution is 7.99. The zero-order chi connectivity index (χ0) is 13.5. The first-order valence-corrected chi connectivity index (χ1v) is 7.55. The highest BCUT2D eigenvalue weighted by atomic mass is 32.2. The van der Waals surface area contributed by atoms with E-state index in [1.165, 1.54) is 0 Å². The first-order chi connectivity index (χ1) is 9.29. The predicted octanol–water partition coefficient (Wildman–Crippen LogP) is 1.35. The lowest BCUT2D eigenvalue weighted by atomic mass is 10.2. The number of para-hydroxylation sites is 1. The molecular weight excluding hydrogens is 260 g/mol. The van der Waals surface area contributed by atoms with Gasteiger partial charge in [0.05, 0.1) is 5.56 Å². The summed E-state index contributed by atoms with van der Waals surface area (Å²) < 4.78 is 5.53. The molecule has 1 fully saturated rings. The van der Waals surface area contributed by atoms with Gasteiger partial charge in [-0.1, -0.05) is 12.1 Å². The van der Waals surface area contributed by atoms with Gasteiger partial charge in [-0.15, -0.1) is 0 Å². The second-order valence-electron chi connectivity index (χ2n) is 4.49. The molecule has 0 aliphatic carbocycles. The van der Waals surface area contributed by atoms with Crippen molar-refractivity contribution in [3.05, 3.63) is 29.8 Å². The Labute approximate surface area is 118 Å². The van der Waals surface area contributed by atoms with Crippen molar-refractivity contribution in [1.82, 2.24) is 4.90 Å². The topological polar surface area (TPSA) is 56.5 Å². The molecular formula is C14H18N2O2S. The number of β-amino-alcohol motifs (C(OH)–C–C–N with tert-alkyl or cyclic N) is 1. The Kier molecular flexibility index (Phi) is 5.52. The highest BCUT2D eigenvalue weighted by Gasteiger charge is 2.15. The van der Waals surface area contributed by atoms with Gasteiger partial charge < -0.3 is 9.84 Å². The summed E-state index contributed by atoms with van der Waals surface area (Å²) in [7, 11) is 0. The number of nitrogens with zero attached hydrogens (tertiary/aromatic N) is 2. The minimum absolute atomic E-state index is 0.225. The normalized spacial score (nSPS) is 17.7. The second-order valence-corrected chi connectivity index (χ2v) is 5.71. The van der Waals surface area contributed by atoms with Crippen molar-refractivity contribution in [2.24, 2.45) is 0 Å². The van der Waals surface area contributed by atoms with E-state index < -0.39 is 6.10 Å². The fraction of sp³-hybridized carbons (Fsp3) is 0.500. The Hall–Kier alpha value is -1.22. The van der Waals surface area contributed by atoms with Crippen molar-refractivity contribution < 1.29 is 9.84 Å². The van der Waals surface area contributed by atoms with Gasteiger partial charge >= 0.3 is 0 Å². The van der Waals surface area contributed by atoms with Crippen LogP contribution < -0.4 is 4.74 Å². The molecule has 1 unspecified atom stereocenters. The predicted molar refractivity (Wildman–Crippen MR) is 76.4 cm³/mol. The van der Waals surface area contributed by atoms with E-state index in [0.717, 1.165) is 24.6 Å². The van der Waals surface area contributed by atoms with Crippen molar-refractivity contribution in [1.29, 1.82) is 5.26 Å². The van der Waals surface area contributed by atoms with E-state index in [1.54, 1.807) is 18.2 Å². The number of hydrogen-bond acceptors (Lipinski definition) is 5. The summed E-state index contributed by atoms with van der Waals surface area (Å²) in [6.07, 6.45) is -0.519. The summed E-state index contributed by atoms with van der Waals surface area (Å²) in [5.41, 5.74) is 0.504. The molecule has 0 bridgehead atoms. The third kappa shape index (κ3) is 4.43. The first kappa shape index (κ1) is 14.2. The van der Waals surface area contributed by atoms with Crippen molar-refractivity contribution >= 4 is 11.8 Å². The van der Waals surface area contributed by atoms with Crippen LogP contribution in [0.5, 0.6) is 5.75 Å². The van der Waals surface area contributed by atoms with Crippen molar-refractivity contribution in [2.75, 3.05) is 37.7 Å². The number of benzene rings is 1. The SMILES string of the molecule is N#Cc1ccccc1OCC(O)CN1CCSCC1.